The second-order valence-electron chi connectivity index (χ2n) is 4.29. The Morgan fingerprint density at radius 3 is 2.28 bits per heavy atom. The highest BCUT2D eigenvalue weighted by molar-refractivity contribution is 7.86. The molecule has 5 nitrogen and oxygen atoms in total. The summed E-state index contributed by atoms with van der Waals surface area (Å²) in [6.07, 6.45) is 1.61. The maximum atomic E-state index is 12.6. The van der Waals surface area contributed by atoms with Crippen molar-refractivity contribution in [1.29, 1.82) is 0 Å². The molecule has 0 aromatic rings. The van der Waals surface area contributed by atoms with E-state index in [-0.39, 0.29) is 6.04 Å². The van der Waals surface area contributed by atoms with Gasteiger partial charge in [0, 0.05) is 31.6 Å². The second kappa shape index (κ2) is 7.65. The van der Waals surface area contributed by atoms with Crippen LogP contribution in [0.15, 0.2) is 0 Å². The molecule has 0 saturated carbocycles. The Kier molecular flexibility index (Phi) is 6.87. The van der Waals surface area contributed by atoms with Gasteiger partial charge in [-0.3, -0.25) is 0 Å². The first-order valence-corrected chi connectivity index (χ1v) is 8.41. The number of rotatable bonds is 7. The van der Waals surface area contributed by atoms with Crippen LogP contribution in [-0.4, -0.2) is 61.8 Å². The van der Waals surface area contributed by atoms with E-state index in [1.54, 1.807) is 4.31 Å². The van der Waals surface area contributed by atoms with Crippen molar-refractivity contribution in [2.45, 2.75) is 32.7 Å². The predicted octanol–water partition coefficient (Wildman–Crippen LogP) is 1.29. The van der Waals surface area contributed by atoms with E-state index in [1.807, 2.05) is 13.8 Å². The van der Waals surface area contributed by atoms with Crippen LogP contribution in [0.5, 0.6) is 0 Å². The molecule has 0 atom stereocenters. The zero-order chi connectivity index (χ0) is 13.6. The van der Waals surface area contributed by atoms with Gasteiger partial charge in [0.1, 0.15) is 0 Å². The van der Waals surface area contributed by atoms with E-state index in [9.17, 15) is 8.42 Å². The van der Waals surface area contributed by atoms with Crippen LogP contribution in [0.25, 0.3) is 0 Å². The van der Waals surface area contributed by atoms with Gasteiger partial charge < -0.3 is 4.74 Å². The van der Waals surface area contributed by atoms with Crippen LogP contribution in [0.2, 0.25) is 0 Å². The summed E-state index contributed by atoms with van der Waals surface area (Å²) in [5.41, 5.74) is 0. The molecular formula is C11H23ClN2O3S. The molecule has 1 saturated heterocycles. The Bertz CT molecular complexity index is 327. The molecule has 0 N–H and O–H groups in total. The van der Waals surface area contributed by atoms with E-state index < -0.39 is 10.2 Å². The number of hydrogen-bond acceptors (Lipinski definition) is 3. The molecular weight excluding hydrogens is 276 g/mol. The Balaban J connectivity index is 2.87. The van der Waals surface area contributed by atoms with Gasteiger partial charge in [-0.25, -0.2) is 0 Å². The van der Waals surface area contributed by atoms with Crippen LogP contribution in [0.4, 0.5) is 0 Å². The van der Waals surface area contributed by atoms with Gasteiger partial charge in [0.05, 0.1) is 13.2 Å². The largest absolute Gasteiger partial charge is 0.379 e. The van der Waals surface area contributed by atoms with Crippen molar-refractivity contribution >= 4 is 21.8 Å². The number of hydrogen-bond donors (Lipinski definition) is 0. The highest BCUT2D eigenvalue weighted by atomic mass is 35.5. The van der Waals surface area contributed by atoms with Crippen LogP contribution in [0.1, 0.15) is 26.7 Å². The van der Waals surface area contributed by atoms with Crippen LogP contribution < -0.4 is 0 Å². The summed E-state index contributed by atoms with van der Waals surface area (Å²) < 4.78 is 33.4. The van der Waals surface area contributed by atoms with Crippen molar-refractivity contribution in [3.8, 4) is 0 Å². The minimum Gasteiger partial charge on any atom is -0.379 e. The Labute approximate surface area is 115 Å². The molecule has 1 heterocycles. The fourth-order valence-corrected chi connectivity index (χ4v) is 4.38. The van der Waals surface area contributed by atoms with Crippen molar-refractivity contribution < 1.29 is 13.2 Å². The van der Waals surface area contributed by atoms with E-state index in [2.05, 4.69) is 0 Å². The monoisotopic (exact) mass is 298 g/mol. The summed E-state index contributed by atoms with van der Waals surface area (Å²) >= 11 is 5.75. The minimum atomic E-state index is -3.41. The van der Waals surface area contributed by atoms with E-state index in [1.165, 1.54) is 4.31 Å². The Hall–Kier alpha value is 0.120. The van der Waals surface area contributed by atoms with Crippen molar-refractivity contribution in [3.05, 3.63) is 0 Å². The number of nitrogens with zero attached hydrogens (tertiary/aromatic N) is 2. The van der Waals surface area contributed by atoms with Crippen LogP contribution in [0, 0.1) is 0 Å². The van der Waals surface area contributed by atoms with Gasteiger partial charge in [0.15, 0.2) is 0 Å². The third-order valence-corrected chi connectivity index (χ3v) is 5.51. The van der Waals surface area contributed by atoms with Gasteiger partial charge in [0.2, 0.25) is 0 Å². The lowest BCUT2D eigenvalue weighted by molar-refractivity contribution is 0.0692. The van der Waals surface area contributed by atoms with Gasteiger partial charge in [-0.05, 0) is 12.8 Å². The summed E-state index contributed by atoms with van der Waals surface area (Å²) in [6.45, 7) is 6.18. The molecule has 18 heavy (non-hydrogen) atoms. The highest BCUT2D eigenvalue weighted by Gasteiger charge is 2.33. The zero-order valence-corrected chi connectivity index (χ0v) is 12.7. The lowest BCUT2D eigenvalue weighted by atomic mass is 10.2. The summed E-state index contributed by atoms with van der Waals surface area (Å²) in [7, 11) is -3.41. The third-order valence-electron chi connectivity index (χ3n) is 3.25. The number of ether oxygens (including phenoxy) is 1. The smallest absolute Gasteiger partial charge is 0.282 e. The van der Waals surface area contributed by atoms with E-state index in [0.717, 1.165) is 12.8 Å². The fraction of sp³-hybridized carbons (Fsp3) is 1.00. The molecule has 0 aromatic heterocycles. The zero-order valence-electron chi connectivity index (χ0n) is 11.1. The van der Waals surface area contributed by atoms with Crippen LogP contribution >= 0.6 is 11.6 Å². The highest BCUT2D eigenvalue weighted by Crippen LogP contribution is 2.18. The molecule has 0 bridgehead atoms. The SMILES string of the molecule is CCC(CC)N(CCCl)S(=O)(=O)N1CCOCC1. The van der Waals surface area contributed by atoms with Gasteiger partial charge in [-0.2, -0.15) is 17.0 Å². The van der Waals surface area contributed by atoms with Crippen molar-refractivity contribution in [3.63, 3.8) is 0 Å². The minimum absolute atomic E-state index is 0.0246. The molecule has 0 aliphatic carbocycles. The van der Waals surface area contributed by atoms with Gasteiger partial charge in [-0.15, -0.1) is 11.6 Å². The Morgan fingerprint density at radius 1 is 1.28 bits per heavy atom. The quantitative estimate of drug-likeness (QED) is 0.666. The standard InChI is InChI=1S/C11H23ClN2O3S/c1-3-11(4-2)14(6-5-12)18(15,16)13-7-9-17-10-8-13/h11H,3-10H2,1-2H3. The third kappa shape index (κ3) is 3.81. The molecule has 1 aliphatic heterocycles. The van der Waals surface area contributed by atoms with Crippen molar-refractivity contribution in [1.82, 2.24) is 8.61 Å². The Morgan fingerprint density at radius 2 is 1.83 bits per heavy atom. The molecule has 7 heteroatoms. The first kappa shape index (κ1) is 16.2. The molecule has 0 spiro atoms. The normalized spacial score (nSPS) is 18.7. The number of morpholine rings is 1. The van der Waals surface area contributed by atoms with Crippen LogP contribution in [-0.2, 0) is 14.9 Å². The van der Waals surface area contributed by atoms with Crippen molar-refractivity contribution in [2.75, 3.05) is 38.7 Å². The maximum absolute atomic E-state index is 12.6. The molecule has 0 radical (unpaired) electrons. The molecule has 0 aromatic carbocycles. The van der Waals surface area contributed by atoms with Crippen molar-refractivity contribution in [2.24, 2.45) is 0 Å². The summed E-state index contributed by atoms with van der Waals surface area (Å²) in [5, 5.41) is 0. The molecule has 1 fully saturated rings. The first-order chi connectivity index (χ1) is 8.57. The second-order valence-corrected chi connectivity index (χ2v) is 6.55. The average Bonchev–Trinajstić information content (AvgIpc) is 2.40. The van der Waals surface area contributed by atoms with Crippen LogP contribution in [0.3, 0.4) is 0 Å². The summed E-state index contributed by atoms with van der Waals surface area (Å²) in [4.78, 5) is 0. The van der Waals surface area contributed by atoms with Gasteiger partial charge in [-0.1, -0.05) is 13.8 Å². The fourth-order valence-electron chi connectivity index (χ4n) is 2.19. The van der Waals surface area contributed by atoms with E-state index in [0.29, 0.717) is 38.7 Å². The molecule has 108 valence electrons. The summed E-state index contributed by atoms with van der Waals surface area (Å²) in [6, 6.07) is 0.0246. The van der Waals surface area contributed by atoms with E-state index >= 15 is 0 Å². The molecule has 1 aliphatic rings. The molecule has 0 amide bonds. The first-order valence-electron chi connectivity index (χ1n) is 6.48. The predicted molar refractivity (Wildman–Crippen MR) is 73.1 cm³/mol. The maximum Gasteiger partial charge on any atom is 0.282 e. The average molecular weight is 299 g/mol. The lowest BCUT2D eigenvalue weighted by Gasteiger charge is -2.35. The molecule has 0 unspecified atom stereocenters. The topological polar surface area (TPSA) is 49.9 Å². The number of halogens is 1. The summed E-state index contributed by atoms with van der Waals surface area (Å²) in [5.74, 6) is 0.320. The molecule has 1 rings (SSSR count). The van der Waals surface area contributed by atoms with Gasteiger partial charge in [0.25, 0.3) is 10.2 Å². The lowest BCUT2D eigenvalue weighted by Crippen LogP contribution is -2.52. The van der Waals surface area contributed by atoms with E-state index in [4.69, 9.17) is 16.3 Å². The number of alkyl halides is 1. The van der Waals surface area contributed by atoms with Gasteiger partial charge >= 0.3 is 0 Å².